The molecule has 5 heteroatoms. The van der Waals surface area contributed by atoms with Gasteiger partial charge in [0.05, 0.1) is 11.7 Å². The van der Waals surface area contributed by atoms with Crippen LogP contribution < -0.4 is 5.73 Å². The van der Waals surface area contributed by atoms with E-state index in [1.807, 2.05) is 0 Å². The molecule has 1 heterocycles. The maximum Gasteiger partial charge on any atom is 0.416 e. The average molecular weight is 273 g/mol. The zero-order chi connectivity index (χ0) is 13.9. The second-order valence-electron chi connectivity index (χ2n) is 4.95. The van der Waals surface area contributed by atoms with Crippen molar-refractivity contribution >= 4 is 0 Å². The monoisotopic (exact) mass is 273 g/mol. The van der Waals surface area contributed by atoms with Crippen LogP contribution in [0, 0.1) is 0 Å². The summed E-state index contributed by atoms with van der Waals surface area (Å²) in [6.45, 7) is 0.754. The van der Waals surface area contributed by atoms with Crippen LogP contribution in [0.2, 0.25) is 0 Å². The summed E-state index contributed by atoms with van der Waals surface area (Å²) in [5.74, 6) is 0. The first-order valence-electron chi connectivity index (χ1n) is 6.51. The van der Waals surface area contributed by atoms with Gasteiger partial charge in [0.25, 0.3) is 0 Å². The Balaban J connectivity index is 1.97. The van der Waals surface area contributed by atoms with Gasteiger partial charge >= 0.3 is 6.18 Å². The summed E-state index contributed by atoms with van der Waals surface area (Å²) in [5.41, 5.74) is 6.11. The molecule has 0 radical (unpaired) electrons. The Morgan fingerprint density at radius 2 is 1.89 bits per heavy atom. The van der Waals surface area contributed by atoms with Crippen molar-refractivity contribution in [2.45, 2.75) is 44.0 Å². The SMILES string of the molecule is NC(CC1CCCCO1)c1ccc(C(F)(F)F)cc1. The highest BCUT2D eigenvalue weighted by Gasteiger charge is 2.30. The van der Waals surface area contributed by atoms with Crippen LogP contribution in [0.1, 0.15) is 42.9 Å². The van der Waals surface area contributed by atoms with Crippen LogP contribution in [-0.2, 0) is 10.9 Å². The van der Waals surface area contributed by atoms with E-state index in [0.717, 1.165) is 43.6 Å². The summed E-state index contributed by atoms with van der Waals surface area (Å²) in [6.07, 6.45) is -0.323. The molecule has 106 valence electrons. The Kier molecular flexibility index (Phi) is 4.47. The Hall–Kier alpha value is -1.07. The van der Waals surface area contributed by atoms with Gasteiger partial charge in [-0.25, -0.2) is 0 Å². The lowest BCUT2D eigenvalue weighted by Gasteiger charge is -2.25. The van der Waals surface area contributed by atoms with Crippen LogP contribution in [0.4, 0.5) is 13.2 Å². The van der Waals surface area contributed by atoms with Crippen LogP contribution in [0.3, 0.4) is 0 Å². The Labute approximate surface area is 110 Å². The minimum Gasteiger partial charge on any atom is -0.378 e. The number of hydrogen-bond acceptors (Lipinski definition) is 2. The number of benzene rings is 1. The molecule has 0 amide bonds. The Bertz CT molecular complexity index is 396. The van der Waals surface area contributed by atoms with Gasteiger partial charge in [-0.3, -0.25) is 0 Å². The lowest BCUT2D eigenvalue weighted by molar-refractivity contribution is -0.137. The standard InChI is InChI=1S/C14H18F3NO/c15-14(16,17)11-6-4-10(5-7-11)13(18)9-12-3-1-2-8-19-12/h4-7,12-13H,1-3,8-9,18H2. The van der Waals surface area contributed by atoms with E-state index in [-0.39, 0.29) is 12.1 Å². The van der Waals surface area contributed by atoms with Crippen molar-refractivity contribution in [2.75, 3.05) is 6.61 Å². The van der Waals surface area contributed by atoms with Crippen molar-refractivity contribution in [1.29, 1.82) is 0 Å². The predicted octanol–water partition coefficient (Wildman–Crippen LogP) is 3.66. The van der Waals surface area contributed by atoms with E-state index in [1.165, 1.54) is 12.1 Å². The van der Waals surface area contributed by atoms with Crippen molar-refractivity contribution in [3.63, 3.8) is 0 Å². The normalized spacial score (nSPS) is 22.2. The fraction of sp³-hybridized carbons (Fsp3) is 0.571. The lowest BCUT2D eigenvalue weighted by atomic mass is 9.96. The molecule has 19 heavy (non-hydrogen) atoms. The molecule has 1 aliphatic rings. The summed E-state index contributed by atoms with van der Waals surface area (Å²) >= 11 is 0. The van der Waals surface area contributed by atoms with Crippen LogP contribution in [0.25, 0.3) is 0 Å². The maximum atomic E-state index is 12.4. The number of hydrogen-bond donors (Lipinski definition) is 1. The molecule has 2 rings (SSSR count). The highest BCUT2D eigenvalue weighted by Crippen LogP contribution is 2.30. The molecule has 2 unspecified atom stereocenters. The molecule has 0 saturated carbocycles. The topological polar surface area (TPSA) is 35.2 Å². The minimum absolute atomic E-state index is 0.131. The van der Waals surface area contributed by atoms with Crippen LogP contribution in [-0.4, -0.2) is 12.7 Å². The van der Waals surface area contributed by atoms with Gasteiger partial charge < -0.3 is 10.5 Å². The van der Waals surface area contributed by atoms with Crippen molar-refractivity contribution < 1.29 is 17.9 Å². The molecular weight excluding hydrogens is 255 g/mol. The molecule has 0 aliphatic carbocycles. The molecule has 2 atom stereocenters. The fourth-order valence-electron chi connectivity index (χ4n) is 2.33. The zero-order valence-corrected chi connectivity index (χ0v) is 10.6. The second-order valence-corrected chi connectivity index (χ2v) is 4.95. The van der Waals surface area contributed by atoms with E-state index in [1.54, 1.807) is 0 Å². The minimum atomic E-state index is -4.30. The number of halogens is 3. The van der Waals surface area contributed by atoms with E-state index < -0.39 is 11.7 Å². The fourth-order valence-corrected chi connectivity index (χ4v) is 2.33. The maximum absolute atomic E-state index is 12.4. The second kappa shape index (κ2) is 5.92. The molecule has 1 aromatic carbocycles. The average Bonchev–Trinajstić information content (AvgIpc) is 2.39. The van der Waals surface area contributed by atoms with Gasteiger partial charge in [0.15, 0.2) is 0 Å². The number of alkyl halides is 3. The number of ether oxygens (including phenoxy) is 1. The molecule has 2 nitrogen and oxygen atoms in total. The van der Waals surface area contributed by atoms with Gasteiger partial charge in [-0.05, 0) is 43.4 Å². The van der Waals surface area contributed by atoms with Gasteiger partial charge in [-0.1, -0.05) is 12.1 Å². The highest BCUT2D eigenvalue weighted by molar-refractivity contribution is 5.26. The largest absolute Gasteiger partial charge is 0.416 e. The van der Waals surface area contributed by atoms with Crippen LogP contribution in [0.5, 0.6) is 0 Å². The molecule has 0 aromatic heterocycles. The van der Waals surface area contributed by atoms with Crippen molar-refractivity contribution in [3.8, 4) is 0 Å². The van der Waals surface area contributed by atoms with Crippen molar-refractivity contribution in [3.05, 3.63) is 35.4 Å². The quantitative estimate of drug-likeness (QED) is 0.912. The zero-order valence-electron chi connectivity index (χ0n) is 10.6. The van der Waals surface area contributed by atoms with E-state index in [0.29, 0.717) is 6.42 Å². The molecular formula is C14H18F3NO. The summed E-state index contributed by atoms with van der Waals surface area (Å²) < 4.78 is 42.9. The smallest absolute Gasteiger partial charge is 0.378 e. The van der Waals surface area contributed by atoms with Crippen molar-refractivity contribution in [2.24, 2.45) is 5.73 Å². The van der Waals surface area contributed by atoms with Crippen molar-refractivity contribution in [1.82, 2.24) is 0 Å². The molecule has 1 fully saturated rings. The van der Waals surface area contributed by atoms with Gasteiger partial charge in [-0.15, -0.1) is 0 Å². The Morgan fingerprint density at radius 3 is 2.42 bits per heavy atom. The summed E-state index contributed by atoms with van der Waals surface area (Å²) in [7, 11) is 0. The lowest BCUT2D eigenvalue weighted by Crippen LogP contribution is -2.25. The van der Waals surface area contributed by atoms with Crippen LogP contribution >= 0.6 is 0 Å². The summed E-state index contributed by atoms with van der Waals surface area (Å²) in [5, 5.41) is 0. The number of rotatable bonds is 3. The van der Waals surface area contributed by atoms with E-state index in [2.05, 4.69) is 0 Å². The highest BCUT2D eigenvalue weighted by atomic mass is 19.4. The van der Waals surface area contributed by atoms with E-state index in [9.17, 15) is 13.2 Å². The third-order valence-corrected chi connectivity index (χ3v) is 3.46. The molecule has 1 aliphatic heterocycles. The van der Waals surface area contributed by atoms with Gasteiger partial charge in [0, 0.05) is 12.6 Å². The van der Waals surface area contributed by atoms with Gasteiger partial charge in [0.2, 0.25) is 0 Å². The van der Waals surface area contributed by atoms with Gasteiger partial charge in [0.1, 0.15) is 0 Å². The van der Waals surface area contributed by atoms with Gasteiger partial charge in [-0.2, -0.15) is 13.2 Å². The third-order valence-electron chi connectivity index (χ3n) is 3.46. The first kappa shape index (κ1) is 14.3. The third kappa shape index (κ3) is 3.94. The van der Waals surface area contributed by atoms with Crippen LogP contribution in [0.15, 0.2) is 24.3 Å². The summed E-state index contributed by atoms with van der Waals surface area (Å²) in [4.78, 5) is 0. The van der Waals surface area contributed by atoms with E-state index in [4.69, 9.17) is 10.5 Å². The van der Waals surface area contributed by atoms with E-state index >= 15 is 0 Å². The molecule has 1 saturated heterocycles. The molecule has 2 N–H and O–H groups in total. The number of nitrogens with two attached hydrogens (primary N) is 1. The first-order chi connectivity index (χ1) is 8.97. The molecule has 0 bridgehead atoms. The molecule has 1 aromatic rings. The summed E-state index contributed by atoms with van der Waals surface area (Å²) in [6, 6.07) is 4.80. The first-order valence-corrected chi connectivity index (χ1v) is 6.51. The Morgan fingerprint density at radius 1 is 1.21 bits per heavy atom. The molecule has 0 spiro atoms. The predicted molar refractivity (Wildman–Crippen MR) is 66.6 cm³/mol.